The zero-order chi connectivity index (χ0) is 10.6. The summed E-state index contributed by atoms with van der Waals surface area (Å²) in [4.78, 5) is 12.0. The maximum atomic E-state index is 12.0. The average Bonchev–Trinajstić information content (AvgIpc) is 2.52. The lowest BCUT2D eigenvalue weighted by molar-refractivity contribution is -0.123. The van der Waals surface area contributed by atoms with E-state index in [-0.39, 0.29) is 22.5 Å². The highest BCUT2D eigenvalue weighted by atomic mass is 127. The van der Waals surface area contributed by atoms with Gasteiger partial charge in [-0.3, -0.25) is 4.79 Å². The van der Waals surface area contributed by atoms with Crippen LogP contribution in [0, 0.1) is 16.7 Å². The SMILES string of the molecule is CC12CCC(/C(=N/O)C1=O)C2(C)CI. The quantitative estimate of drug-likeness (QED) is 0.350. The van der Waals surface area contributed by atoms with Gasteiger partial charge in [0.05, 0.1) is 0 Å². The minimum atomic E-state index is -0.291. The standard InChI is InChI=1S/C10H14INO2/c1-9-4-3-6(10(9,2)5-11)7(12-14)8(9)13/h6,14H,3-5H2,1-2H3/b12-7-. The summed E-state index contributed by atoms with van der Waals surface area (Å²) in [7, 11) is 0. The van der Waals surface area contributed by atoms with Gasteiger partial charge in [0.2, 0.25) is 0 Å². The summed E-state index contributed by atoms with van der Waals surface area (Å²) in [6.07, 6.45) is 1.93. The van der Waals surface area contributed by atoms with E-state index in [9.17, 15) is 4.79 Å². The van der Waals surface area contributed by atoms with Gasteiger partial charge in [0.15, 0.2) is 5.78 Å². The van der Waals surface area contributed by atoms with Gasteiger partial charge in [-0.25, -0.2) is 0 Å². The van der Waals surface area contributed by atoms with E-state index in [1.165, 1.54) is 0 Å². The number of hydrogen-bond donors (Lipinski definition) is 1. The van der Waals surface area contributed by atoms with E-state index in [1.54, 1.807) is 0 Å². The van der Waals surface area contributed by atoms with Crippen LogP contribution in [0.1, 0.15) is 26.7 Å². The maximum Gasteiger partial charge on any atom is 0.187 e. The molecule has 0 aliphatic heterocycles. The first-order valence-electron chi connectivity index (χ1n) is 4.84. The molecule has 0 heterocycles. The number of Topliss-reactive ketones (excluding diaryl/α,β-unsaturated/α-hetero) is 1. The summed E-state index contributed by atoms with van der Waals surface area (Å²) in [6, 6.07) is 0. The van der Waals surface area contributed by atoms with E-state index in [4.69, 9.17) is 5.21 Å². The summed E-state index contributed by atoms with van der Waals surface area (Å²) in [5, 5.41) is 12.1. The van der Waals surface area contributed by atoms with Crippen molar-refractivity contribution < 1.29 is 10.0 Å². The van der Waals surface area contributed by atoms with Crippen LogP contribution in [0.5, 0.6) is 0 Å². The number of rotatable bonds is 1. The van der Waals surface area contributed by atoms with Crippen LogP contribution in [0.2, 0.25) is 0 Å². The van der Waals surface area contributed by atoms with Gasteiger partial charge < -0.3 is 5.21 Å². The van der Waals surface area contributed by atoms with Crippen molar-refractivity contribution in [2.45, 2.75) is 26.7 Å². The number of carbonyl (C=O) groups excluding carboxylic acids is 1. The van der Waals surface area contributed by atoms with E-state index in [0.717, 1.165) is 17.3 Å². The van der Waals surface area contributed by atoms with E-state index in [0.29, 0.717) is 5.71 Å². The van der Waals surface area contributed by atoms with Gasteiger partial charge >= 0.3 is 0 Å². The van der Waals surface area contributed by atoms with Gasteiger partial charge in [-0.2, -0.15) is 0 Å². The Labute approximate surface area is 97.1 Å². The number of halogens is 1. The van der Waals surface area contributed by atoms with Crippen LogP contribution in [0.25, 0.3) is 0 Å². The molecule has 14 heavy (non-hydrogen) atoms. The highest BCUT2D eigenvalue weighted by molar-refractivity contribution is 14.1. The van der Waals surface area contributed by atoms with Gasteiger partial charge in [-0.1, -0.05) is 41.6 Å². The zero-order valence-corrected chi connectivity index (χ0v) is 10.5. The van der Waals surface area contributed by atoms with Crippen molar-refractivity contribution in [2.24, 2.45) is 21.9 Å². The van der Waals surface area contributed by atoms with E-state index < -0.39 is 0 Å². The van der Waals surface area contributed by atoms with Crippen LogP contribution in [-0.2, 0) is 4.79 Å². The summed E-state index contributed by atoms with van der Waals surface area (Å²) in [5.41, 5.74) is 0.116. The molecule has 0 spiro atoms. The molecule has 2 bridgehead atoms. The van der Waals surface area contributed by atoms with Crippen molar-refractivity contribution in [3.05, 3.63) is 0 Å². The Kier molecular flexibility index (Phi) is 2.18. The van der Waals surface area contributed by atoms with Crippen LogP contribution in [-0.4, -0.2) is 21.1 Å². The highest BCUT2D eigenvalue weighted by Gasteiger charge is 2.67. The fourth-order valence-corrected chi connectivity index (χ4v) is 4.40. The first kappa shape index (κ1) is 10.4. The summed E-state index contributed by atoms with van der Waals surface area (Å²) in [5.74, 6) is 0.234. The minimum Gasteiger partial charge on any atom is -0.411 e. The van der Waals surface area contributed by atoms with Gasteiger partial charge in [-0.15, -0.1) is 0 Å². The summed E-state index contributed by atoms with van der Waals surface area (Å²) >= 11 is 2.33. The number of hydrogen-bond acceptors (Lipinski definition) is 3. The van der Waals surface area contributed by atoms with Crippen LogP contribution in [0.3, 0.4) is 0 Å². The van der Waals surface area contributed by atoms with Gasteiger partial charge in [0, 0.05) is 15.8 Å². The Morgan fingerprint density at radius 3 is 2.64 bits per heavy atom. The Morgan fingerprint density at radius 1 is 1.64 bits per heavy atom. The largest absolute Gasteiger partial charge is 0.411 e. The number of carbonyl (C=O) groups is 1. The number of oxime groups is 1. The number of alkyl halides is 1. The summed E-state index contributed by atoms with van der Waals surface area (Å²) < 4.78 is 0.941. The fourth-order valence-electron chi connectivity index (χ4n) is 3.03. The smallest absolute Gasteiger partial charge is 0.187 e. The molecule has 2 aliphatic carbocycles. The molecule has 0 aromatic heterocycles. The molecule has 0 aromatic carbocycles. The van der Waals surface area contributed by atoms with Gasteiger partial charge in [0.1, 0.15) is 5.71 Å². The molecule has 4 heteroatoms. The molecular weight excluding hydrogens is 293 g/mol. The predicted octanol–water partition coefficient (Wildman–Crippen LogP) is 2.26. The van der Waals surface area contributed by atoms with E-state index in [2.05, 4.69) is 34.7 Å². The van der Waals surface area contributed by atoms with Gasteiger partial charge in [0.25, 0.3) is 0 Å². The molecule has 2 saturated carbocycles. The lowest BCUT2D eigenvalue weighted by Gasteiger charge is -2.33. The second kappa shape index (κ2) is 2.93. The zero-order valence-electron chi connectivity index (χ0n) is 8.38. The Hall–Kier alpha value is -0.130. The lowest BCUT2D eigenvalue weighted by atomic mass is 9.70. The minimum absolute atomic E-state index is 0.00773. The number of nitrogens with zero attached hydrogens (tertiary/aromatic N) is 1. The normalized spacial score (nSPS) is 49.2. The first-order valence-corrected chi connectivity index (χ1v) is 6.36. The second-order valence-electron chi connectivity index (χ2n) is 4.79. The van der Waals surface area contributed by atoms with Crippen molar-refractivity contribution in [1.29, 1.82) is 0 Å². The second-order valence-corrected chi connectivity index (χ2v) is 5.55. The van der Waals surface area contributed by atoms with Crippen LogP contribution in [0.15, 0.2) is 5.16 Å². The third-order valence-electron chi connectivity index (χ3n) is 4.41. The molecule has 3 atom stereocenters. The van der Waals surface area contributed by atoms with E-state index in [1.807, 2.05) is 6.92 Å². The van der Waals surface area contributed by atoms with Crippen molar-refractivity contribution in [1.82, 2.24) is 0 Å². The molecule has 0 radical (unpaired) electrons. The molecule has 0 saturated heterocycles. The average molecular weight is 307 g/mol. The van der Waals surface area contributed by atoms with Crippen LogP contribution < -0.4 is 0 Å². The van der Waals surface area contributed by atoms with Crippen LogP contribution >= 0.6 is 22.6 Å². The molecule has 1 N–H and O–H groups in total. The molecule has 3 unspecified atom stereocenters. The topological polar surface area (TPSA) is 49.7 Å². The van der Waals surface area contributed by atoms with Crippen molar-refractivity contribution in [3.8, 4) is 0 Å². The molecule has 0 aromatic rings. The predicted molar refractivity (Wildman–Crippen MR) is 62.1 cm³/mol. The van der Waals surface area contributed by atoms with Crippen molar-refractivity contribution >= 4 is 34.1 Å². The van der Waals surface area contributed by atoms with Crippen LogP contribution in [0.4, 0.5) is 0 Å². The monoisotopic (exact) mass is 307 g/mol. The Balaban J connectivity index is 2.56. The highest BCUT2D eigenvalue weighted by Crippen LogP contribution is 2.63. The summed E-state index contributed by atoms with van der Waals surface area (Å²) in [6.45, 7) is 4.17. The molecule has 3 nitrogen and oxygen atoms in total. The molecule has 0 amide bonds. The molecule has 2 rings (SSSR count). The molecule has 2 fully saturated rings. The fraction of sp³-hybridized carbons (Fsp3) is 0.800. The van der Waals surface area contributed by atoms with Crippen molar-refractivity contribution in [3.63, 3.8) is 0 Å². The number of fused-ring (bicyclic) bond motifs is 2. The first-order chi connectivity index (χ1) is 6.51. The Morgan fingerprint density at radius 2 is 2.29 bits per heavy atom. The molecule has 2 aliphatic rings. The molecule has 78 valence electrons. The maximum absolute atomic E-state index is 12.0. The van der Waals surface area contributed by atoms with Gasteiger partial charge in [-0.05, 0) is 18.3 Å². The third-order valence-corrected chi connectivity index (χ3v) is 6.00. The Bertz CT molecular complexity index is 328. The third kappa shape index (κ3) is 0.882. The molecular formula is C10H14INO2. The van der Waals surface area contributed by atoms with Crippen molar-refractivity contribution in [2.75, 3.05) is 4.43 Å². The lowest BCUT2D eigenvalue weighted by Crippen LogP contribution is -2.36. The van der Waals surface area contributed by atoms with E-state index >= 15 is 0 Å². The number of ketones is 1.